The average Bonchev–Trinajstić information content (AvgIpc) is 3.25. The van der Waals surface area contributed by atoms with E-state index in [1.807, 2.05) is 0 Å². The molecule has 0 radical (unpaired) electrons. The number of ether oxygens (including phenoxy) is 2. The third kappa shape index (κ3) is 7.59. The largest absolute Gasteiger partial charge is 0.474 e. The number of likely N-dealkylation sites (tertiary alicyclic amines) is 1. The van der Waals surface area contributed by atoms with Crippen LogP contribution < -0.4 is 10.5 Å². The van der Waals surface area contributed by atoms with Gasteiger partial charge >= 0.3 is 12.1 Å². The molecule has 0 bridgehead atoms. The Morgan fingerprint density at radius 3 is 2.51 bits per heavy atom. The normalized spacial score (nSPS) is 17.0. The molecule has 1 aliphatic heterocycles. The number of esters is 1. The summed E-state index contributed by atoms with van der Waals surface area (Å²) in [6.45, 7) is 0.399. The first-order chi connectivity index (χ1) is 19.5. The average molecular weight is 570 g/mol. The number of hydrogen-bond donors (Lipinski definition) is 2. The van der Waals surface area contributed by atoms with Gasteiger partial charge in [0.15, 0.2) is 0 Å². The molecule has 4 rings (SSSR count). The molecule has 0 saturated carbocycles. The first-order valence-electron chi connectivity index (χ1n) is 13.0. The summed E-state index contributed by atoms with van der Waals surface area (Å²) in [7, 11) is 1.26. The number of rotatable bonds is 11. The number of methoxy groups -OCH3 is 1. The van der Waals surface area contributed by atoms with Crippen LogP contribution in [0.1, 0.15) is 36.0 Å². The molecule has 0 spiro atoms. The van der Waals surface area contributed by atoms with Crippen LogP contribution in [0, 0.1) is 11.3 Å². The summed E-state index contributed by atoms with van der Waals surface area (Å²) < 4.78 is 49.8. The Balaban J connectivity index is 1.39. The summed E-state index contributed by atoms with van der Waals surface area (Å²) in [5.74, 6) is -1.07. The number of amides is 1. The van der Waals surface area contributed by atoms with Gasteiger partial charge in [0.1, 0.15) is 12.4 Å². The Kier molecular flexibility index (Phi) is 9.21. The molecule has 1 aromatic heterocycles. The third-order valence-electron chi connectivity index (χ3n) is 6.94. The van der Waals surface area contributed by atoms with E-state index in [1.54, 1.807) is 47.4 Å². The number of halogens is 3. The van der Waals surface area contributed by atoms with Crippen molar-refractivity contribution >= 4 is 17.7 Å². The van der Waals surface area contributed by atoms with Crippen LogP contribution in [-0.4, -0.2) is 59.1 Å². The molecule has 0 unspecified atom stereocenters. The zero-order chi connectivity index (χ0) is 29.6. The van der Waals surface area contributed by atoms with Gasteiger partial charge < -0.3 is 20.1 Å². The Labute approximate surface area is 235 Å². The van der Waals surface area contributed by atoms with Gasteiger partial charge in [0.25, 0.3) is 0 Å². The van der Waals surface area contributed by atoms with Crippen LogP contribution >= 0.6 is 0 Å². The Bertz CT molecular complexity index is 1380. The quantitative estimate of drug-likeness (QED) is 0.201. The molecule has 1 amide bonds. The number of carbonyl (C=O) groups is 2. The third-order valence-corrected chi connectivity index (χ3v) is 6.94. The molecule has 3 aromatic rings. The fourth-order valence-electron chi connectivity index (χ4n) is 4.79. The van der Waals surface area contributed by atoms with Crippen LogP contribution in [-0.2, 0) is 26.9 Å². The van der Waals surface area contributed by atoms with E-state index in [0.717, 1.165) is 17.7 Å². The molecule has 2 aromatic carbocycles. The first-order valence-corrected chi connectivity index (χ1v) is 13.0. The minimum atomic E-state index is -4.42. The van der Waals surface area contributed by atoms with Crippen LogP contribution in [0.4, 0.5) is 13.2 Å². The number of nitrogens with one attached hydrogen (secondary N) is 1. The van der Waals surface area contributed by atoms with Gasteiger partial charge in [0, 0.05) is 23.7 Å². The van der Waals surface area contributed by atoms with Crippen molar-refractivity contribution in [2.75, 3.05) is 20.3 Å². The van der Waals surface area contributed by atoms with E-state index in [4.69, 9.17) is 20.6 Å². The second kappa shape index (κ2) is 12.8. The fourth-order valence-corrected chi connectivity index (χ4v) is 4.79. The van der Waals surface area contributed by atoms with Crippen molar-refractivity contribution in [1.29, 1.82) is 5.41 Å². The monoisotopic (exact) mass is 569 g/mol. The van der Waals surface area contributed by atoms with Crippen molar-refractivity contribution in [3.05, 3.63) is 77.4 Å². The van der Waals surface area contributed by atoms with Gasteiger partial charge in [-0.25, -0.2) is 0 Å². The molecule has 2 atom stereocenters. The number of benzene rings is 2. The lowest BCUT2D eigenvalue weighted by atomic mass is 10.0. The number of nitrogen functional groups attached to an aromatic ring is 1. The minimum absolute atomic E-state index is 0.0321. The zero-order valence-electron chi connectivity index (χ0n) is 22.4. The predicted molar refractivity (Wildman–Crippen MR) is 144 cm³/mol. The van der Waals surface area contributed by atoms with Crippen molar-refractivity contribution < 1.29 is 32.2 Å². The van der Waals surface area contributed by atoms with Gasteiger partial charge in [-0.1, -0.05) is 42.5 Å². The van der Waals surface area contributed by atoms with Crippen molar-refractivity contribution in [2.45, 2.75) is 37.9 Å². The highest BCUT2D eigenvalue weighted by Crippen LogP contribution is 2.31. The highest BCUT2D eigenvalue weighted by molar-refractivity contribution is 5.95. The second-order valence-electron chi connectivity index (χ2n) is 9.76. The van der Waals surface area contributed by atoms with Crippen LogP contribution in [0.5, 0.6) is 5.88 Å². The number of nitrogens with zero attached hydrogens (tertiary/aromatic N) is 3. The van der Waals surface area contributed by atoms with E-state index in [-0.39, 0.29) is 36.7 Å². The number of amidine groups is 1. The number of hydrogen-bond acceptors (Lipinski definition) is 7. The molecule has 9 nitrogen and oxygen atoms in total. The van der Waals surface area contributed by atoms with E-state index in [0.29, 0.717) is 42.6 Å². The van der Waals surface area contributed by atoms with Crippen molar-refractivity contribution in [3.8, 4) is 17.1 Å². The molecule has 2 heterocycles. The molecule has 41 heavy (non-hydrogen) atoms. The summed E-state index contributed by atoms with van der Waals surface area (Å²) in [6.07, 6.45) is -3.33. The van der Waals surface area contributed by atoms with Crippen LogP contribution in [0.25, 0.3) is 11.3 Å². The van der Waals surface area contributed by atoms with Gasteiger partial charge in [-0.05, 0) is 37.0 Å². The van der Waals surface area contributed by atoms with E-state index >= 15 is 0 Å². The number of aromatic nitrogens is 2. The van der Waals surface area contributed by atoms with Crippen LogP contribution in [0.15, 0.2) is 60.7 Å². The molecule has 1 fully saturated rings. The highest BCUT2D eigenvalue weighted by atomic mass is 19.4. The second-order valence-corrected chi connectivity index (χ2v) is 9.76. The van der Waals surface area contributed by atoms with E-state index in [9.17, 15) is 22.8 Å². The van der Waals surface area contributed by atoms with Crippen molar-refractivity contribution in [1.82, 2.24) is 15.1 Å². The number of carbonyl (C=O) groups excluding carboxylic acids is 2. The maximum atomic E-state index is 13.1. The summed E-state index contributed by atoms with van der Waals surface area (Å²) in [5, 5.41) is 15.8. The van der Waals surface area contributed by atoms with Crippen molar-refractivity contribution in [3.63, 3.8) is 0 Å². The lowest BCUT2D eigenvalue weighted by Gasteiger charge is -2.24. The molecule has 1 saturated heterocycles. The van der Waals surface area contributed by atoms with Gasteiger partial charge in [-0.15, -0.1) is 10.2 Å². The molecular weight excluding hydrogens is 539 g/mol. The highest BCUT2D eigenvalue weighted by Gasteiger charge is 2.40. The lowest BCUT2D eigenvalue weighted by molar-refractivity contribution is -0.145. The smallest absolute Gasteiger partial charge is 0.416 e. The summed E-state index contributed by atoms with van der Waals surface area (Å²) >= 11 is 0. The standard InChI is InChI=1S/C29H30F3N5O4/c1-40-26(38)16-21-15-23(37(28(21)39)13-3-5-18-4-2-6-22(14-18)29(30,31)32)17-41-25-12-11-24(35-36-25)19-7-9-20(10-8-19)27(33)34/h2,4,6-12,14,21,23H,3,5,13,15-17H2,1H3,(H3,33,34)/t21-,23-/m0/s1. The Morgan fingerprint density at radius 2 is 1.88 bits per heavy atom. The maximum Gasteiger partial charge on any atom is 0.416 e. The summed E-state index contributed by atoms with van der Waals surface area (Å²) in [5.41, 5.74) is 7.28. The summed E-state index contributed by atoms with van der Waals surface area (Å²) in [6, 6.07) is 15.2. The predicted octanol–water partition coefficient (Wildman–Crippen LogP) is 4.24. The van der Waals surface area contributed by atoms with E-state index in [1.165, 1.54) is 13.2 Å². The SMILES string of the molecule is COC(=O)C[C@@H]1C[C@@H](COc2ccc(-c3ccc(C(=N)N)cc3)nn2)N(CCCc2cccc(C(F)(F)F)c2)C1=O. The van der Waals surface area contributed by atoms with E-state index < -0.39 is 23.6 Å². The van der Waals surface area contributed by atoms with Gasteiger partial charge in [0.2, 0.25) is 11.8 Å². The van der Waals surface area contributed by atoms with Crippen LogP contribution in [0.2, 0.25) is 0 Å². The minimum Gasteiger partial charge on any atom is -0.474 e. The Hall–Kier alpha value is -4.48. The molecule has 0 aliphatic carbocycles. The first kappa shape index (κ1) is 29.5. The zero-order valence-corrected chi connectivity index (χ0v) is 22.4. The fraction of sp³-hybridized carbons (Fsp3) is 0.345. The number of nitrogens with two attached hydrogens (primary N) is 1. The van der Waals surface area contributed by atoms with E-state index in [2.05, 4.69) is 10.2 Å². The van der Waals surface area contributed by atoms with Crippen molar-refractivity contribution in [2.24, 2.45) is 11.7 Å². The number of alkyl halides is 3. The molecule has 216 valence electrons. The Morgan fingerprint density at radius 1 is 1.12 bits per heavy atom. The molecule has 12 heteroatoms. The molecular formula is C29H30F3N5O4. The number of aryl methyl sites for hydroxylation is 1. The molecule has 1 aliphatic rings. The van der Waals surface area contributed by atoms with Crippen LogP contribution in [0.3, 0.4) is 0 Å². The van der Waals surface area contributed by atoms with Gasteiger partial charge in [0.05, 0.1) is 36.7 Å². The summed E-state index contributed by atoms with van der Waals surface area (Å²) in [4.78, 5) is 26.6. The molecule has 3 N–H and O–H groups in total. The van der Waals surface area contributed by atoms with Gasteiger partial charge in [-0.3, -0.25) is 15.0 Å². The van der Waals surface area contributed by atoms with Gasteiger partial charge in [-0.2, -0.15) is 13.2 Å². The lowest BCUT2D eigenvalue weighted by Crippen LogP contribution is -2.38. The maximum absolute atomic E-state index is 13.1. The topological polar surface area (TPSA) is 131 Å².